The third-order valence-electron chi connectivity index (χ3n) is 3.22. The lowest BCUT2D eigenvalue weighted by molar-refractivity contribution is -0.117. The molecule has 3 N–H and O–H groups in total. The van der Waals surface area contributed by atoms with Crippen LogP contribution < -0.4 is 10.6 Å². The van der Waals surface area contributed by atoms with Crippen molar-refractivity contribution in [3.05, 3.63) is 5.56 Å². The number of fused-ring (bicyclic) bond motifs is 1. The molecule has 7 nitrogen and oxygen atoms in total. The highest BCUT2D eigenvalue weighted by atomic mass is 32.2. The largest absolute Gasteiger partial charge is 0.383 e. The van der Waals surface area contributed by atoms with E-state index in [4.69, 9.17) is 10.5 Å². The molecule has 0 aromatic carbocycles. The van der Waals surface area contributed by atoms with Crippen LogP contribution in [0.4, 0.5) is 11.6 Å². The van der Waals surface area contributed by atoms with Crippen LogP contribution in [0.2, 0.25) is 0 Å². The number of carbonyl (C=O) groups excluding carboxylic acids is 1. The van der Waals surface area contributed by atoms with Gasteiger partial charge in [-0.1, -0.05) is 20.8 Å². The van der Waals surface area contributed by atoms with Crippen LogP contribution in [-0.2, 0) is 20.9 Å². The summed E-state index contributed by atoms with van der Waals surface area (Å²) in [7, 11) is -3.06. The molecule has 0 saturated heterocycles. The van der Waals surface area contributed by atoms with E-state index in [-0.39, 0.29) is 35.0 Å². The Morgan fingerprint density at radius 1 is 1.43 bits per heavy atom. The molecule has 1 amide bonds. The molecule has 1 aromatic heterocycles. The van der Waals surface area contributed by atoms with Crippen molar-refractivity contribution in [3.63, 3.8) is 0 Å². The van der Waals surface area contributed by atoms with E-state index in [2.05, 4.69) is 9.97 Å². The van der Waals surface area contributed by atoms with Gasteiger partial charge < -0.3 is 5.73 Å². The first-order valence-electron chi connectivity index (χ1n) is 6.99. The van der Waals surface area contributed by atoms with Gasteiger partial charge >= 0.3 is 0 Å². The summed E-state index contributed by atoms with van der Waals surface area (Å²) in [5, 5.41) is -0.0657. The Hall–Kier alpha value is -1.70. The van der Waals surface area contributed by atoms with Crippen molar-refractivity contribution in [2.75, 3.05) is 22.9 Å². The highest BCUT2D eigenvalue weighted by molar-refractivity contribution is 7.92. The number of nitrogens with two attached hydrogens (primary N) is 1. The number of hydrogen-bond donors (Lipinski definition) is 2. The molecule has 1 aliphatic heterocycles. The fourth-order valence-electron chi connectivity index (χ4n) is 2.31. The number of nitrogens with zero attached hydrogens (tertiary/aromatic N) is 3. The van der Waals surface area contributed by atoms with Crippen LogP contribution in [0.25, 0.3) is 0 Å². The van der Waals surface area contributed by atoms with Crippen molar-refractivity contribution in [2.24, 2.45) is 5.92 Å². The zero-order chi connectivity index (χ0) is 15.8. The third kappa shape index (κ3) is 2.99. The van der Waals surface area contributed by atoms with E-state index in [1.165, 1.54) is 0 Å². The van der Waals surface area contributed by atoms with Gasteiger partial charge in [0.05, 0.1) is 6.42 Å². The van der Waals surface area contributed by atoms with Crippen molar-refractivity contribution in [1.82, 2.24) is 9.97 Å². The highest BCUT2D eigenvalue weighted by Gasteiger charge is 2.33. The molecule has 0 spiro atoms. The molecular weight excluding hydrogens is 290 g/mol. The van der Waals surface area contributed by atoms with Gasteiger partial charge in [-0.25, -0.2) is 19.0 Å². The maximum absolute atomic E-state index is 12.3. The summed E-state index contributed by atoms with van der Waals surface area (Å²) in [6, 6.07) is 0. The average Bonchev–Trinajstić information content (AvgIpc) is 2.67. The van der Waals surface area contributed by atoms with Gasteiger partial charge in [-0.2, -0.15) is 0 Å². The van der Waals surface area contributed by atoms with Crippen molar-refractivity contribution in [3.8, 4) is 0 Å². The molecule has 116 valence electrons. The van der Waals surface area contributed by atoms with Crippen molar-refractivity contribution < 1.29 is 9.00 Å². The van der Waals surface area contributed by atoms with Gasteiger partial charge in [0.25, 0.3) is 0 Å². The zero-order valence-electron chi connectivity index (χ0n) is 12.5. The fraction of sp³-hybridized carbons (Fsp3) is 0.615. The summed E-state index contributed by atoms with van der Waals surface area (Å²) in [6.45, 7) is 6.37. The van der Waals surface area contributed by atoms with E-state index in [1.807, 2.05) is 20.8 Å². The number of nitrogens with one attached hydrogen (secondary N) is 1. The van der Waals surface area contributed by atoms with Crippen molar-refractivity contribution in [2.45, 2.75) is 38.8 Å². The van der Waals surface area contributed by atoms with Gasteiger partial charge in [-0.05, 0) is 12.3 Å². The molecule has 0 aliphatic carbocycles. The predicted octanol–water partition coefficient (Wildman–Crippen LogP) is 1.42. The minimum absolute atomic E-state index is 0.0657. The topological polar surface area (TPSA) is 113 Å². The molecule has 0 radical (unpaired) electrons. The lowest BCUT2D eigenvalue weighted by Gasteiger charge is -2.19. The fourth-order valence-corrected chi connectivity index (χ4v) is 3.54. The zero-order valence-corrected chi connectivity index (χ0v) is 13.4. The molecule has 2 rings (SSSR count). The molecule has 1 unspecified atom stereocenters. The highest BCUT2D eigenvalue weighted by Crippen LogP contribution is 2.32. The molecule has 0 fully saturated rings. The van der Waals surface area contributed by atoms with Gasteiger partial charge in [0.15, 0.2) is 0 Å². The van der Waals surface area contributed by atoms with Crippen molar-refractivity contribution in [1.29, 1.82) is 4.78 Å². The Labute approximate surface area is 124 Å². The van der Waals surface area contributed by atoms with E-state index in [1.54, 1.807) is 4.90 Å². The maximum atomic E-state index is 12.3. The number of hydrogen-bond acceptors (Lipinski definition) is 6. The number of nitrogen functional groups attached to an aromatic ring is 1. The number of amides is 1. The van der Waals surface area contributed by atoms with E-state index < -0.39 is 9.73 Å². The monoisotopic (exact) mass is 311 g/mol. The first kappa shape index (κ1) is 15.7. The summed E-state index contributed by atoms with van der Waals surface area (Å²) < 4.78 is 20.3. The molecule has 8 heteroatoms. The quantitative estimate of drug-likeness (QED) is 0.798. The van der Waals surface area contributed by atoms with Crippen molar-refractivity contribution >= 4 is 27.3 Å². The molecule has 21 heavy (non-hydrogen) atoms. The van der Waals surface area contributed by atoms with Crippen LogP contribution in [0.15, 0.2) is 5.16 Å². The lowest BCUT2D eigenvalue weighted by Crippen LogP contribution is -2.31. The summed E-state index contributed by atoms with van der Waals surface area (Å²) >= 11 is 0. The standard InChI is InChI=1S/C13H21N5O2S/c1-4-5-21(15,20)13-16-11(14)9-6-10(19)18(7-8(2)3)12(9)17-13/h8,15H,4-7H2,1-3H3,(H2,14,16,17). The van der Waals surface area contributed by atoms with E-state index >= 15 is 0 Å². The smallest absolute Gasteiger partial charge is 0.232 e. The van der Waals surface area contributed by atoms with Gasteiger partial charge in [0.1, 0.15) is 21.4 Å². The first-order chi connectivity index (χ1) is 9.76. The Bertz CT molecular complexity index is 669. The molecule has 1 atom stereocenters. The molecule has 2 heterocycles. The van der Waals surface area contributed by atoms with E-state index in [9.17, 15) is 9.00 Å². The summed E-state index contributed by atoms with van der Waals surface area (Å²) in [4.78, 5) is 21.9. The number of rotatable bonds is 5. The van der Waals surface area contributed by atoms with Crippen LogP contribution >= 0.6 is 0 Å². The Morgan fingerprint density at radius 2 is 2.10 bits per heavy atom. The van der Waals surface area contributed by atoms with Gasteiger partial charge in [0, 0.05) is 17.9 Å². The van der Waals surface area contributed by atoms with Gasteiger partial charge in [-0.3, -0.25) is 9.69 Å². The minimum Gasteiger partial charge on any atom is -0.383 e. The van der Waals surface area contributed by atoms with E-state index in [0.29, 0.717) is 24.3 Å². The number of anilines is 2. The Morgan fingerprint density at radius 3 is 2.67 bits per heavy atom. The first-order valence-corrected chi connectivity index (χ1v) is 8.72. The minimum atomic E-state index is -3.06. The normalized spacial score (nSPS) is 17.1. The SMILES string of the molecule is CCCS(=N)(=O)c1nc(N)c2c(n1)N(CC(C)C)C(=O)C2. The van der Waals surface area contributed by atoms with Gasteiger partial charge in [-0.15, -0.1) is 0 Å². The molecule has 0 saturated carbocycles. The van der Waals surface area contributed by atoms with Crippen LogP contribution in [0.3, 0.4) is 0 Å². The second-order valence-corrected chi connectivity index (χ2v) is 7.77. The molecule has 1 aromatic rings. The van der Waals surface area contributed by atoms with Crippen LogP contribution in [0.5, 0.6) is 0 Å². The molecule has 1 aliphatic rings. The Balaban J connectivity index is 2.51. The average molecular weight is 311 g/mol. The van der Waals surface area contributed by atoms with Crippen LogP contribution in [-0.4, -0.2) is 32.4 Å². The van der Waals surface area contributed by atoms with Crippen LogP contribution in [0.1, 0.15) is 32.8 Å². The Kier molecular flexibility index (Phi) is 4.18. The molecule has 0 bridgehead atoms. The molecular formula is C13H21N5O2S. The maximum Gasteiger partial charge on any atom is 0.232 e. The van der Waals surface area contributed by atoms with Crippen LogP contribution in [0, 0.1) is 10.7 Å². The summed E-state index contributed by atoms with van der Waals surface area (Å²) in [6.07, 6.45) is 0.762. The predicted molar refractivity (Wildman–Crippen MR) is 81.6 cm³/mol. The number of aromatic nitrogens is 2. The second kappa shape index (κ2) is 5.59. The number of carbonyl (C=O) groups is 1. The third-order valence-corrected chi connectivity index (χ3v) is 4.97. The van der Waals surface area contributed by atoms with E-state index in [0.717, 1.165) is 0 Å². The second-order valence-electron chi connectivity index (χ2n) is 5.65. The summed E-state index contributed by atoms with van der Waals surface area (Å²) in [5.74, 6) is 0.959. The summed E-state index contributed by atoms with van der Waals surface area (Å²) in [5.41, 5.74) is 6.46. The lowest BCUT2D eigenvalue weighted by atomic mass is 10.2. The van der Waals surface area contributed by atoms with Gasteiger partial charge in [0.2, 0.25) is 11.1 Å².